The number of carbonyl (C=O) groups is 3. The van der Waals surface area contributed by atoms with Crippen LogP contribution in [0.4, 0.5) is 23.7 Å². The van der Waals surface area contributed by atoms with Crippen molar-refractivity contribution in [1.82, 2.24) is 0 Å². The van der Waals surface area contributed by atoms with E-state index in [9.17, 15) is 37.5 Å². The number of alkyl halides is 3. The average Bonchev–Trinajstić information content (AvgIpc) is 3.07. The van der Waals surface area contributed by atoms with Crippen molar-refractivity contribution in [2.75, 3.05) is 18.6 Å². The Morgan fingerprint density at radius 2 is 1.57 bits per heavy atom. The zero-order chi connectivity index (χ0) is 37.3. The van der Waals surface area contributed by atoms with E-state index in [-0.39, 0.29) is 23.2 Å². The van der Waals surface area contributed by atoms with Crippen LogP contribution in [0.5, 0.6) is 11.5 Å². The van der Waals surface area contributed by atoms with Gasteiger partial charge in [0.25, 0.3) is 5.91 Å². The van der Waals surface area contributed by atoms with Crippen molar-refractivity contribution < 1.29 is 46.6 Å². The number of ether oxygens (including phenoxy) is 2. The van der Waals surface area contributed by atoms with Gasteiger partial charge >= 0.3 is 23.9 Å². The van der Waals surface area contributed by atoms with Gasteiger partial charge in [0.05, 0.1) is 40.4 Å². The number of hydrogen-bond donors (Lipinski definition) is 2. The molecule has 51 heavy (non-hydrogen) atoms. The van der Waals surface area contributed by atoms with Crippen LogP contribution >= 0.6 is 11.6 Å². The number of nitrogens with two attached hydrogens (primary N) is 1. The van der Waals surface area contributed by atoms with Crippen molar-refractivity contribution in [2.24, 2.45) is 5.73 Å². The molecule has 0 aliphatic carbocycles. The van der Waals surface area contributed by atoms with E-state index in [0.29, 0.717) is 11.8 Å². The molecular weight excluding hydrogens is 693 g/mol. The molecule has 0 radical (unpaired) electrons. The van der Waals surface area contributed by atoms with Gasteiger partial charge in [0.1, 0.15) is 11.3 Å². The van der Waals surface area contributed by atoms with E-state index in [1.165, 1.54) is 69.5 Å². The molecular formula is C37H40ClF3N2O8. The molecule has 0 saturated carbocycles. The lowest BCUT2D eigenvalue weighted by molar-refractivity contribution is -0.144. The number of unbranched alkanes of at least 4 members (excludes halogenated alkanes) is 9. The second-order valence-corrected chi connectivity index (χ2v) is 12.6. The minimum atomic E-state index is -5.09. The highest BCUT2D eigenvalue weighted by Gasteiger charge is 2.39. The maximum atomic E-state index is 14.4. The molecule has 1 aromatic heterocycles. The first kappa shape index (κ1) is 39.0. The van der Waals surface area contributed by atoms with Crippen LogP contribution in [0.2, 0.25) is 5.02 Å². The van der Waals surface area contributed by atoms with Crippen LogP contribution in [0.3, 0.4) is 0 Å². The third kappa shape index (κ3) is 9.72. The van der Waals surface area contributed by atoms with Crippen molar-refractivity contribution in [2.45, 2.75) is 83.7 Å². The van der Waals surface area contributed by atoms with Gasteiger partial charge in [-0.2, -0.15) is 13.2 Å². The summed E-state index contributed by atoms with van der Waals surface area (Å²) < 4.78 is 58.9. The Kier molecular flexibility index (Phi) is 13.3. The molecule has 0 fully saturated rings. The number of nitrogens with zero attached hydrogens (tertiary/aromatic N) is 1. The minimum absolute atomic E-state index is 0.0128. The zero-order valence-electron chi connectivity index (χ0n) is 28.4. The molecule has 0 unspecified atom stereocenters. The Hall–Kier alpha value is -4.78. The average molecular weight is 733 g/mol. The highest BCUT2D eigenvalue weighted by molar-refractivity contribution is 6.33. The summed E-state index contributed by atoms with van der Waals surface area (Å²) in [4.78, 5) is 51.2. The number of carbonyl (C=O) groups excluding carboxylic acids is 3. The SMILES string of the molecule is CCCCCCCCCCCCOC(=O)Cc1c(C(F)(F)F)c2cc(Cl)c(OC(=O)N(C)c3cccc4c(O)c(C(N)=O)ccc34)cc2oc1=O. The number of aromatic hydroxyl groups is 1. The fraction of sp³-hybridized carbons (Fsp3) is 0.405. The van der Waals surface area contributed by atoms with E-state index in [0.717, 1.165) is 42.7 Å². The summed E-state index contributed by atoms with van der Waals surface area (Å²) >= 11 is 6.29. The molecule has 10 nitrogen and oxygen atoms in total. The predicted molar refractivity (Wildman–Crippen MR) is 188 cm³/mol. The first-order valence-electron chi connectivity index (χ1n) is 16.8. The molecule has 4 aromatic rings. The summed E-state index contributed by atoms with van der Waals surface area (Å²) in [5.74, 6) is -2.67. The molecule has 3 aromatic carbocycles. The van der Waals surface area contributed by atoms with Gasteiger partial charge in [0, 0.05) is 29.3 Å². The molecule has 0 spiro atoms. The topological polar surface area (TPSA) is 149 Å². The summed E-state index contributed by atoms with van der Waals surface area (Å²) in [6, 6.07) is 9.01. The number of benzene rings is 3. The zero-order valence-corrected chi connectivity index (χ0v) is 29.1. The van der Waals surface area contributed by atoms with Crippen molar-refractivity contribution in [3.8, 4) is 11.5 Å². The van der Waals surface area contributed by atoms with Gasteiger partial charge in [0.15, 0.2) is 5.75 Å². The number of amides is 2. The highest BCUT2D eigenvalue weighted by Crippen LogP contribution is 2.40. The van der Waals surface area contributed by atoms with Crippen LogP contribution in [0, 0.1) is 0 Å². The summed E-state index contributed by atoms with van der Waals surface area (Å²) in [7, 11) is 1.33. The summed E-state index contributed by atoms with van der Waals surface area (Å²) in [5, 5.41) is 10.0. The van der Waals surface area contributed by atoms with Gasteiger partial charge in [-0.1, -0.05) is 94.5 Å². The summed E-state index contributed by atoms with van der Waals surface area (Å²) in [6.45, 7) is 2.18. The number of esters is 1. The molecule has 4 rings (SSSR count). The molecule has 0 bridgehead atoms. The lowest BCUT2D eigenvalue weighted by Crippen LogP contribution is -2.29. The van der Waals surface area contributed by atoms with E-state index in [2.05, 4.69) is 6.92 Å². The lowest BCUT2D eigenvalue weighted by atomic mass is 10.0. The molecule has 2 amide bonds. The van der Waals surface area contributed by atoms with Crippen LogP contribution in [0.15, 0.2) is 51.7 Å². The standard InChI is InChI=1S/C37H40ClF3N2O8/c1-3-4-5-6-7-8-9-10-11-12-18-49-31(44)20-26-32(37(39,40)41)25-19-27(38)30(21-29(25)50-35(26)47)51-36(48)43(2)28-15-13-14-23-22(28)16-17-24(33(23)45)34(42)46/h13-17,19,21,45H,3-12,18,20H2,1-2H3,(H2,42,46). The van der Waals surface area contributed by atoms with Crippen LogP contribution in [0.25, 0.3) is 21.7 Å². The molecule has 0 saturated heterocycles. The second-order valence-electron chi connectivity index (χ2n) is 12.2. The number of phenols is 1. The van der Waals surface area contributed by atoms with Gasteiger partial charge < -0.3 is 24.7 Å². The fourth-order valence-corrected chi connectivity index (χ4v) is 6.05. The van der Waals surface area contributed by atoms with E-state index in [4.69, 9.17) is 31.2 Å². The van der Waals surface area contributed by atoms with Gasteiger partial charge in [-0.25, -0.2) is 9.59 Å². The monoisotopic (exact) mass is 732 g/mol. The number of anilines is 1. The Balaban J connectivity index is 1.47. The fourth-order valence-electron chi connectivity index (χ4n) is 5.85. The van der Waals surface area contributed by atoms with Gasteiger partial charge in [0.2, 0.25) is 0 Å². The van der Waals surface area contributed by atoms with Crippen LogP contribution in [-0.2, 0) is 22.1 Å². The normalized spacial score (nSPS) is 11.6. The summed E-state index contributed by atoms with van der Waals surface area (Å²) in [6.07, 6.45) is 3.48. The van der Waals surface area contributed by atoms with E-state index in [1.54, 1.807) is 0 Å². The second kappa shape index (κ2) is 17.4. The van der Waals surface area contributed by atoms with E-state index >= 15 is 0 Å². The molecule has 0 aliphatic rings. The first-order valence-corrected chi connectivity index (χ1v) is 17.1. The Morgan fingerprint density at radius 3 is 2.20 bits per heavy atom. The summed E-state index contributed by atoms with van der Waals surface area (Å²) in [5.41, 5.74) is 1.08. The maximum Gasteiger partial charge on any atom is 0.419 e. The van der Waals surface area contributed by atoms with Gasteiger partial charge in [-0.3, -0.25) is 14.5 Å². The van der Waals surface area contributed by atoms with Gasteiger partial charge in [-0.05, 0) is 24.6 Å². The van der Waals surface area contributed by atoms with Crippen molar-refractivity contribution in [3.63, 3.8) is 0 Å². The largest absolute Gasteiger partial charge is 0.506 e. The Labute approximate surface area is 297 Å². The lowest BCUT2D eigenvalue weighted by Gasteiger charge is -2.20. The molecule has 3 N–H and O–H groups in total. The third-order valence-corrected chi connectivity index (χ3v) is 8.82. The Bertz CT molecular complexity index is 1960. The number of fused-ring (bicyclic) bond motifs is 2. The van der Waals surface area contributed by atoms with E-state index in [1.807, 2.05) is 0 Å². The Morgan fingerprint density at radius 1 is 0.922 bits per heavy atom. The number of rotatable bonds is 16. The molecule has 0 aliphatic heterocycles. The van der Waals surface area contributed by atoms with Gasteiger partial charge in [-0.15, -0.1) is 0 Å². The van der Waals surface area contributed by atoms with E-state index < -0.39 is 74.8 Å². The number of hydrogen-bond acceptors (Lipinski definition) is 8. The number of halogens is 4. The van der Waals surface area contributed by atoms with Crippen LogP contribution in [0.1, 0.15) is 92.6 Å². The number of primary amides is 1. The predicted octanol–water partition coefficient (Wildman–Crippen LogP) is 9.06. The minimum Gasteiger partial charge on any atom is -0.506 e. The quantitative estimate of drug-likeness (QED) is 0.0658. The smallest absolute Gasteiger partial charge is 0.419 e. The molecule has 1 heterocycles. The van der Waals surface area contributed by atoms with Crippen LogP contribution < -0.4 is 21.0 Å². The first-order chi connectivity index (χ1) is 24.2. The maximum absolute atomic E-state index is 14.4. The highest BCUT2D eigenvalue weighted by atomic mass is 35.5. The van der Waals surface area contributed by atoms with Crippen molar-refractivity contribution >= 4 is 57.0 Å². The molecule has 0 atom stereocenters. The van der Waals surface area contributed by atoms with Crippen molar-refractivity contribution in [3.05, 3.63) is 74.6 Å². The van der Waals surface area contributed by atoms with Crippen LogP contribution in [-0.4, -0.2) is 36.7 Å². The van der Waals surface area contributed by atoms with Crippen molar-refractivity contribution in [1.29, 1.82) is 0 Å². The molecule has 274 valence electrons. The third-order valence-electron chi connectivity index (χ3n) is 8.53. The molecule has 14 heteroatoms.